The first kappa shape index (κ1) is 39.1. The molecule has 7 aliphatic rings. The summed E-state index contributed by atoms with van der Waals surface area (Å²) >= 11 is 0. The van der Waals surface area contributed by atoms with Gasteiger partial charge in [-0.15, -0.1) is 0 Å². The van der Waals surface area contributed by atoms with Gasteiger partial charge in [-0.1, -0.05) is 12.8 Å². The summed E-state index contributed by atoms with van der Waals surface area (Å²) in [4.78, 5) is 99.6. The van der Waals surface area contributed by atoms with Gasteiger partial charge in [0.25, 0.3) is 17.4 Å². The standard InChI is InChI=1S/C45H50N10O6/c1-25-35-21-47-45(50-40(35)54(28-5-3-4-6-28)44(61)39(25)26(2)56)48-37-13-10-30(20-46-37)51-17-15-27(16-18-51)22-52-23-32-8-7-31(52)24-53(32)29-9-11-33-34(19-29)43(60)55(42(33)59)36-12-14-38(57)49-41(36)58/h9-11,13,19-21,27-28,31-32,36H,3-8,12,14-18,22-24H2,1-2H3,(H,49,57,58)(H,46,47,48,50). The van der Waals surface area contributed by atoms with Crippen LogP contribution in [-0.2, 0) is 9.59 Å². The number of imide groups is 2. The minimum absolute atomic E-state index is 0.00697. The van der Waals surface area contributed by atoms with Crippen LogP contribution in [-0.4, -0.2) is 110 Å². The van der Waals surface area contributed by atoms with Gasteiger partial charge < -0.3 is 15.1 Å². The summed E-state index contributed by atoms with van der Waals surface area (Å²) in [6.07, 6.45) is 12.0. The van der Waals surface area contributed by atoms with Crippen LogP contribution in [0.25, 0.3) is 11.0 Å². The van der Waals surface area contributed by atoms with Crippen LogP contribution in [0.5, 0.6) is 0 Å². The molecule has 6 fully saturated rings. The third kappa shape index (κ3) is 6.94. The zero-order valence-corrected chi connectivity index (χ0v) is 34.6. The van der Waals surface area contributed by atoms with E-state index in [9.17, 15) is 28.8 Å². The first-order chi connectivity index (χ1) is 29.5. The molecule has 6 aliphatic heterocycles. The van der Waals surface area contributed by atoms with Crippen molar-refractivity contribution >= 4 is 63.6 Å². The number of pyridine rings is 2. The number of aromatic nitrogens is 4. The number of aryl methyl sites for hydroxylation is 1. The minimum Gasteiger partial charge on any atom is -0.370 e. The van der Waals surface area contributed by atoms with Gasteiger partial charge in [0.15, 0.2) is 5.78 Å². The van der Waals surface area contributed by atoms with Gasteiger partial charge in [0, 0.05) is 74.5 Å². The Morgan fingerprint density at radius 1 is 0.820 bits per heavy atom. The summed E-state index contributed by atoms with van der Waals surface area (Å²) in [6.45, 7) is 7.99. The summed E-state index contributed by atoms with van der Waals surface area (Å²) in [5.74, 6) is -0.648. The van der Waals surface area contributed by atoms with E-state index in [-0.39, 0.29) is 41.7 Å². The maximum Gasteiger partial charge on any atom is 0.263 e. The Kier molecular flexibility index (Phi) is 9.92. The van der Waals surface area contributed by atoms with E-state index in [1.807, 2.05) is 24.4 Å². The van der Waals surface area contributed by atoms with E-state index in [4.69, 9.17) is 9.97 Å². The van der Waals surface area contributed by atoms with Crippen molar-refractivity contribution in [2.45, 2.75) is 102 Å². The predicted molar refractivity (Wildman–Crippen MR) is 227 cm³/mol. The number of fused-ring (bicyclic) bond motifs is 5. The zero-order chi connectivity index (χ0) is 42.1. The largest absolute Gasteiger partial charge is 0.370 e. The van der Waals surface area contributed by atoms with Crippen LogP contribution >= 0.6 is 0 Å². The molecule has 2 bridgehead atoms. The molecule has 16 heteroatoms. The van der Waals surface area contributed by atoms with E-state index in [2.05, 4.69) is 36.4 Å². The Hall–Kier alpha value is -6.03. The van der Waals surface area contributed by atoms with Crippen molar-refractivity contribution < 1.29 is 24.0 Å². The number of anilines is 4. The highest BCUT2D eigenvalue weighted by Gasteiger charge is 2.46. The first-order valence-electron chi connectivity index (χ1n) is 21.8. The number of rotatable bonds is 9. The third-order valence-electron chi connectivity index (χ3n) is 14.1. The number of Topliss-reactive ketones (excluding diaryl/α,β-unsaturated/α-hetero) is 1. The highest BCUT2D eigenvalue weighted by Crippen LogP contribution is 2.38. The van der Waals surface area contributed by atoms with Crippen molar-refractivity contribution in [1.82, 2.24) is 34.6 Å². The molecule has 1 aromatic carbocycles. The van der Waals surface area contributed by atoms with Gasteiger partial charge in [-0.3, -0.25) is 48.5 Å². The lowest BCUT2D eigenvalue weighted by Crippen LogP contribution is -2.63. The van der Waals surface area contributed by atoms with E-state index in [1.54, 1.807) is 23.8 Å². The zero-order valence-electron chi connectivity index (χ0n) is 34.6. The second-order valence-electron chi connectivity index (χ2n) is 17.7. The number of carbonyl (C=O) groups is 5. The molecule has 61 heavy (non-hydrogen) atoms. The van der Waals surface area contributed by atoms with Gasteiger partial charge in [0.2, 0.25) is 17.8 Å². The van der Waals surface area contributed by atoms with Crippen LogP contribution < -0.4 is 26.0 Å². The van der Waals surface area contributed by atoms with E-state index in [0.717, 1.165) is 100 Å². The lowest BCUT2D eigenvalue weighted by molar-refractivity contribution is -0.136. The van der Waals surface area contributed by atoms with E-state index < -0.39 is 23.8 Å². The lowest BCUT2D eigenvalue weighted by atomic mass is 9.87. The van der Waals surface area contributed by atoms with Crippen molar-refractivity contribution in [3.63, 3.8) is 0 Å². The molecule has 4 amide bonds. The van der Waals surface area contributed by atoms with Crippen molar-refractivity contribution in [1.29, 1.82) is 0 Å². The van der Waals surface area contributed by atoms with Crippen LogP contribution in [0.1, 0.15) is 114 Å². The van der Waals surface area contributed by atoms with Gasteiger partial charge in [0.05, 0.1) is 28.6 Å². The topological polar surface area (TPSA) is 183 Å². The fraction of sp³-hybridized carbons (Fsp3) is 0.489. The highest BCUT2D eigenvalue weighted by atomic mass is 16.2. The lowest BCUT2D eigenvalue weighted by Gasteiger charge is -2.53. The second-order valence-corrected chi connectivity index (χ2v) is 17.7. The molecule has 316 valence electrons. The van der Waals surface area contributed by atoms with Crippen LogP contribution in [0.4, 0.5) is 23.1 Å². The molecule has 3 unspecified atom stereocenters. The Balaban J connectivity index is 0.748. The molecular weight excluding hydrogens is 777 g/mol. The molecule has 3 aromatic heterocycles. The fourth-order valence-electron chi connectivity index (χ4n) is 10.9. The molecule has 4 aromatic rings. The average Bonchev–Trinajstić information content (AvgIpc) is 3.87. The molecule has 5 saturated heterocycles. The van der Waals surface area contributed by atoms with Gasteiger partial charge in [-0.2, -0.15) is 4.98 Å². The second kappa shape index (κ2) is 15.5. The molecule has 3 atom stereocenters. The highest BCUT2D eigenvalue weighted by molar-refractivity contribution is 6.23. The Morgan fingerprint density at radius 3 is 2.28 bits per heavy atom. The third-order valence-corrected chi connectivity index (χ3v) is 14.1. The van der Waals surface area contributed by atoms with Crippen molar-refractivity contribution in [2.24, 2.45) is 5.92 Å². The number of nitrogens with zero attached hydrogens (tertiary/aromatic N) is 8. The summed E-state index contributed by atoms with van der Waals surface area (Å²) in [5, 5.41) is 6.21. The van der Waals surface area contributed by atoms with Crippen molar-refractivity contribution in [3.8, 4) is 0 Å². The molecule has 1 saturated carbocycles. The molecule has 0 spiro atoms. The number of ketones is 1. The fourth-order valence-corrected chi connectivity index (χ4v) is 10.9. The number of amides is 4. The number of nitrogens with one attached hydrogen (secondary N) is 2. The smallest absolute Gasteiger partial charge is 0.263 e. The maximum atomic E-state index is 13.6. The molecule has 1 aliphatic carbocycles. The number of piperazine rings is 1. The van der Waals surface area contributed by atoms with E-state index >= 15 is 0 Å². The minimum atomic E-state index is -0.974. The summed E-state index contributed by atoms with van der Waals surface area (Å²) in [7, 11) is 0. The predicted octanol–water partition coefficient (Wildman–Crippen LogP) is 4.53. The Morgan fingerprint density at radius 2 is 1.57 bits per heavy atom. The van der Waals surface area contributed by atoms with Gasteiger partial charge in [-0.25, -0.2) is 9.97 Å². The number of carbonyl (C=O) groups excluding carboxylic acids is 5. The number of hydrogen-bond donors (Lipinski definition) is 2. The van der Waals surface area contributed by atoms with Crippen LogP contribution in [0.15, 0.2) is 47.5 Å². The number of hydrogen-bond acceptors (Lipinski definition) is 13. The molecule has 9 heterocycles. The van der Waals surface area contributed by atoms with Crippen molar-refractivity contribution in [2.75, 3.05) is 47.8 Å². The number of piperidine rings is 4. The van der Waals surface area contributed by atoms with Gasteiger partial charge in [-0.05, 0) is 101 Å². The summed E-state index contributed by atoms with van der Waals surface area (Å²) < 4.78 is 1.72. The van der Waals surface area contributed by atoms with Crippen LogP contribution in [0, 0.1) is 12.8 Å². The quantitative estimate of drug-likeness (QED) is 0.178. The van der Waals surface area contributed by atoms with E-state index in [1.165, 1.54) is 6.92 Å². The molecule has 0 radical (unpaired) electrons. The summed E-state index contributed by atoms with van der Waals surface area (Å²) in [5.41, 5.74) is 3.72. The molecule has 11 rings (SSSR count). The molecule has 2 N–H and O–H groups in total. The molecule has 16 nitrogen and oxygen atoms in total. The first-order valence-corrected chi connectivity index (χ1v) is 21.8. The van der Waals surface area contributed by atoms with Gasteiger partial charge in [0.1, 0.15) is 17.5 Å². The summed E-state index contributed by atoms with van der Waals surface area (Å²) in [6, 6.07) is 9.21. The normalized spacial score (nSPS) is 23.6. The van der Waals surface area contributed by atoms with Gasteiger partial charge >= 0.3 is 0 Å². The van der Waals surface area contributed by atoms with Crippen molar-refractivity contribution in [3.05, 3.63) is 75.3 Å². The molecular formula is C45H50N10O6. The Labute approximate surface area is 352 Å². The SMILES string of the molecule is CC(=O)c1c(C)c2cnc(Nc3ccc(N4CCC(CN5CC6CCC5CN6c5ccc6c(c5)C(=O)N(C5CCC(=O)NC5=O)C6=O)CC4)cn3)nc2n(C2CCCC2)c1=O. The van der Waals surface area contributed by atoms with E-state index in [0.29, 0.717) is 57.5 Å². The monoisotopic (exact) mass is 826 g/mol. The average molecular weight is 827 g/mol. The maximum absolute atomic E-state index is 13.6. The number of benzene rings is 1. The van der Waals surface area contributed by atoms with Crippen LogP contribution in [0.2, 0.25) is 0 Å². The Bertz CT molecular complexity index is 2540. The van der Waals surface area contributed by atoms with Crippen LogP contribution in [0.3, 0.4) is 0 Å².